The average molecular weight is 353 g/mol. The summed E-state index contributed by atoms with van der Waals surface area (Å²) in [4.78, 5) is 0. The first-order chi connectivity index (χ1) is 12.2. The molecule has 2 fully saturated rings. The Morgan fingerprint density at radius 1 is 0.920 bits per heavy atom. The Bertz CT molecular complexity index is 362. The molecule has 2 rings (SSSR count). The molecule has 0 spiro atoms. The molecule has 0 radical (unpaired) electrons. The Hall–Kier alpha value is -0.370. The summed E-state index contributed by atoms with van der Waals surface area (Å²) in [5, 5.41) is 0. The highest BCUT2D eigenvalue weighted by molar-refractivity contribution is 4.87. The number of hydrogen-bond donors (Lipinski definition) is 0. The van der Waals surface area contributed by atoms with E-state index in [-0.39, 0.29) is 6.67 Å². The molecule has 0 bridgehead atoms. The zero-order valence-corrected chi connectivity index (χ0v) is 16.8. The van der Waals surface area contributed by atoms with Gasteiger partial charge in [-0.15, -0.1) is 0 Å². The van der Waals surface area contributed by atoms with Crippen molar-refractivity contribution in [3.05, 3.63) is 12.2 Å². The summed E-state index contributed by atoms with van der Waals surface area (Å²) in [6.45, 7) is 2.19. The molecule has 0 atom stereocenters. The van der Waals surface area contributed by atoms with Gasteiger partial charge in [-0.2, -0.15) is 0 Å². The van der Waals surface area contributed by atoms with E-state index >= 15 is 0 Å². The van der Waals surface area contributed by atoms with Crippen molar-refractivity contribution in [1.29, 1.82) is 0 Å². The van der Waals surface area contributed by atoms with Crippen molar-refractivity contribution in [2.45, 2.75) is 103 Å². The monoisotopic (exact) mass is 352 g/mol. The van der Waals surface area contributed by atoms with E-state index in [4.69, 9.17) is 4.74 Å². The normalized spacial score (nSPS) is 33.8. The summed E-state index contributed by atoms with van der Waals surface area (Å²) in [6, 6.07) is 0. The van der Waals surface area contributed by atoms with Crippen molar-refractivity contribution in [2.24, 2.45) is 17.3 Å². The zero-order chi connectivity index (χ0) is 18.0. The molecule has 1 nitrogen and oxygen atoms in total. The summed E-state index contributed by atoms with van der Waals surface area (Å²) in [7, 11) is 1.87. The second-order valence-electron chi connectivity index (χ2n) is 8.74. The Balaban J connectivity index is 1.63. The van der Waals surface area contributed by atoms with Gasteiger partial charge in [-0.25, -0.2) is 0 Å². The van der Waals surface area contributed by atoms with Crippen LogP contribution >= 0.6 is 0 Å². The lowest BCUT2D eigenvalue weighted by Gasteiger charge is -2.41. The molecule has 0 aromatic heterocycles. The van der Waals surface area contributed by atoms with Crippen LogP contribution in [0.4, 0.5) is 4.39 Å². The number of halogens is 1. The first kappa shape index (κ1) is 20.9. The quantitative estimate of drug-likeness (QED) is 0.376. The van der Waals surface area contributed by atoms with Gasteiger partial charge in [-0.05, 0) is 75.0 Å². The van der Waals surface area contributed by atoms with Crippen LogP contribution < -0.4 is 0 Å². The number of rotatable bonds is 10. The van der Waals surface area contributed by atoms with Gasteiger partial charge in [0.1, 0.15) is 0 Å². The highest BCUT2D eigenvalue weighted by Gasteiger charge is 2.34. The minimum Gasteiger partial charge on any atom is -0.381 e. The SMILES string of the molecule is CCC1(CCC2CCC(CCC=CCCF)CC2)CCC(OC)CC1. The summed E-state index contributed by atoms with van der Waals surface area (Å²) in [5.74, 6) is 1.89. The van der Waals surface area contributed by atoms with Crippen LogP contribution in [0.1, 0.15) is 96.8 Å². The minimum atomic E-state index is -0.215. The Kier molecular flexibility index (Phi) is 9.52. The lowest BCUT2D eigenvalue weighted by atomic mass is 9.66. The van der Waals surface area contributed by atoms with Gasteiger partial charge in [0, 0.05) is 7.11 Å². The summed E-state index contributed by atoms with van der Waals surface area (Å²) in [6.07, 6.45) is 23.1. The zero-order valence-electron chi connectivity index (χ0n) is 16.8. The van der Waals surface area contributed by atoms with Crippen LogP contribution in [0.5, 0.6) is 0 Å². The first-order valence-electron chi connectivity index (χ1n) is 10.9. The van der Waals surface area contributed by atoms with E-state index < -0.39 is 0 Å². The minimum absolute atomic E-state index is 0.215. The topological polar surface area (TPSA) is 9.23 Å². The van der Waals surface area contributed by atoms with Crippen molar-refractivity contribution in [1.82, 2.24) is 0 Å². The fourth-order valence-electron chi connectivity index (χ4n) is 5.17. The number of ether oxygens (including phenoxy) is 1. The molecule has 2 aliphatic carbocycles. The van der Waals surface area contributed by atoms with E-state index in [1.165, 1.54) is 77.0 Å². The third kappa shape index (κ3) is 7.04. The van der Waals surface area contributed by atoms with Crippen LogP contribution in [0, 0.1) is 17.3 Å². The second-order valence-corrected chi connectivity index (χ2v) is 8.74. The molecular weight excluding hydrogens is 311 g/mol. The molecule has 25 heavy (non-hydrogen) atoms. The highest BCUT2D eigenvalue weighted by atomic mass is 19.1. The Labute approximate surface area is 155 Å². The number of allylic oxidation sites excluding steroid dienone is 2. The maximum atomic E-state index is 12.1. The third-order valence-corrected chi connectivity index (χ3v) is 7.31. The van der Waals surface area contributed by atoms with Gasteiger partial charge >= 0.3 is 0 Å². The molecular formula is C23H41FO. The molecule has 2 saturated carbocycles. The van der Waals surface area contributed by atoms with Gasteiger partial charge in [0.25, 0.3) is 0 Å². The molecule has 146 valence electrons. The van der Waals surface area contributed by atoms with Crippen LogP contribution in [0.3, 0.4) is 0 Å². The lowest BCUT2D eigenvalue weighted by Crippen LogP contribution is -2.31. The van der Waals surface area contributed by atoms with E-state index in [1.807, 2.05) is 13.2 Å². The molecule has 2 heteroatoms. The number of alkyl halides is 1. The van der Waals surface area contributed by atoms with Crippen molar-refractivity contribution >= 4 is 0 Å². The van der Waals surface area contributed by atoms with Crippen LogP contribution in [0.2, 0.25) is 0 Å². The van der Waals surface area contributed by atoms with E-state index in [0.717, 1.165) is 18.3 Å². The van der Waals surface area contributed by atoms with E-state index in [2.05, 4.69) is 13.0 Å². The van der Waals surface area contributed by atoms with Gasteiger partial charge in [-0.3, -0.25) is 4.39 Å². The Morgan fingerprint density at radius 2 is 1.52 bits per heavy atom. The van der Waals surface area contributed by atoms with Crippen LogP contribution in [0.15, 0.2) is 12.2 Å². The maximum absolute atomic E-state index is 12.1. The summed E-state index contributed by atoms with van der Waals surface area (Å²) in [5.41, 5.74) is 0.618. The average Bonchev–Trinajstić information content (AvgIpc) is 2.67. The van der Waals surface area contributed by atoms with Gasteiger partial charge in [0.05, 0.1) is 12.8 Å². The van der Waals surface area contributed by atoms with Gasteiger partial charge in [0.2, 0.25) is 0 Å². The third-order valence-electron chi connectivity index (χ3n) is 7.31. The molecule has 0 heterocycles. The fraction of sp³-hybridized carbons (Fsp3) is 0.913. The predicted molar refractivity (Wildman–Crippen MR) is 106 cm³/mol. The van der Waals surface area contributed by atoms with Crippen LogP contribution in [0.25, 0.3) is 0 Å². The number of hydrogen-bond acceptors (Lipinski definition) is 1. The molecule has 0 N–H and O–H groups in total. The van der Waals surface area contributed by atoms with E-state index in [1.54, 1.807) is 0 Å². The summed E-state index contributed by atoms with van der Waals surface area (Å²) >= 11 is 0. The Morgan fingerprint density at radius 3 is 2.08 bits per heavy atom. The fourth-order valence-corrected chi connectivity index (χ4v) is 5.17. The number of methoxy groups -OCH3 is 1. The van der Waals surface area contributed by atoms with Crippen molar-refractivity contribution < 1.29 is 9.13 Å². The first-order valence-corrected chi connectivity index (χ1v) is 10.9. The molecule has 0 amide bonds. The molecule has 0 aromatic carbocycles. The van der Waals surface area contributed by atoms with Gasteiger partial charge in [-0.1, -0.05) is 51.2 Å². The molecule has 0 aliphatic heterocycles. The highest BCUT2D eigenvalue weighted by Crippen LogP contribution is 2.45. The van der Waals surface area contributed by atoms with Crippen molar-refractivity contribution in [3.8, 4) is 0 Å². The van der Waals surface area contributed by atoms with Gasteiger partial charge < -0.3 is 4.74 Å². The molecule has 0 unspecified atom stereocenters. The molecule has 2 aliphatic rings. The van der Waals surface area contributed by atoms with Crippen molar-refractivity contribution in [2.75, 3.05) is 13.8 Å². The molecule has 0 aromatic rings. The van der Waals surface area contributed by atoms with Crippen LogP contribution in [-0.4, -0.2) is 19.9 Å². The standard InChI is InChI=1S/C23H41FO/c1-3-23(17-14-22(25-2)15-18-23)16-13-21-11-9-20(10-12-21)8-6-4-5-7-19-24/h4-5,20-22H,3,6-19H2,1-2H3. The van der Waals surface area contributed by atoms with Crippen LogP contribution in [-0.2, 0) is 4.74 Å². The van der Waals surface area contributed by atoms with Gasteiger partial charge in [0.15, 0.2) is 0 Å². The second kappa shape index (κ2) is 11.4. The predicted octanol–water partition coefficient (Wildman–Crippen LogP) is 7.25. The molecule has 0 saturated heterocycles. The summed E-state index contributed by atoms with van der Waals surface area (Å²) < 4.78 is 17.6. The largest absolute Gasteiger partial charge is 0.381 e. The van der Waals surface area contributed by atoms with Crippen molar-refractivity contribution in [3.63, 3.8) is 0 Å². The van der Waals surface area contributed by atoms with E-state index in [0.29, 0.717) is 17.9 Å². The maximum Gasteiger partial charge on any atom is 0.0928 e. The lowest BCUT2D eigenvalue weighted by molar-refractivity contribution is 0.0181. The smallest absolute Gasteiger partial charge is 0.0928 e. The van der Waals surface area contributed by atoms with E-state index in [9.17, 15) is 4.39 Å².